The molecule has 0 unspecified atom stereocenters. The van der Waals surface area contributed by atoms with Gasteiger partial charge in [-0.25, -0.2) is 0 Å². The molecule has 16 heavy (non-hydrogen) atoms. The third-order valence-electron chi connectivity index (χ3n) is 2.49. The highest BCUT2D eigenvalue weighted by Gasteiger charge is 2.12. The Morgan fingerprint density at radius 2 is 2.00 bits per heavy atom. The number of rotatable bonds is 3. The quantitative estimate of drug-likeness (QED) is 0.789. The van der Waals surface area contributed by atoms with Crippen molar-refractivity contribution in [2.45, 2.75) is 19.8 Å². The summed E-state index contributed by atoms with van der Waals surface area (Å²) in [4.78, 5) is 0. The van der Waals surface area contributed by atoms with Gasteiger partial charge in [-0.3, -0.25) is 0 Å². The van der Waals surface area contributed by atoms with Crippen LogP contribution in [0.15, 0.2) is 34.9 Å². The molecular weight excluding hydrogens is 202 g/mol. The van der Waals surface area contributed by atoms with E-state index in [4.69, 9.17) is 9.26 Å². The minimum absolute atomic E-state index is 0.368. The molecular formula is C13H15NO2. The standard InChI is InChI=1S/C13H15NO2/c1-9(2)11-8-13(16-14-11)10-6-4-5-7-12(10)15-3/h4-9H,1-3H3. The average molecular weight is 217 g/mol. The Morgan fingerprint density at radius 1 is 1.25 bits per heavy atom. The van der Waals surface area contributed by atoms with Crippen molar-refractivity contribution in [3.8, 4) is 17.1 Å². The summed E-state index contributed by atoms with van der Waals surface area (Å²) in [5.74, 6) is 1.92. The Hall–Kier alpha value is -1.77. The van der Waals surface area contributed by atoms with E-state index in [2.05, 4.69) is 19.0 Å². The van der Waals surface area contributed by atoms with Gasteiger partial charge in [0.1, 0.15) is 5.75 Å². The van der Waals surface area contributed by atoms with Crippen LogP contribution in [-0.2, 0) is 0 Å². The molecule has 0 saturated heterocycles. The molecule has 0 bridgehead atoms. The van der Waals surface area contributed by atoms with E-state index >= 15 is 0 Å². The molecule has 0 aliphatic heterocycles. The fraction of sp³-hybridized carbons (Fsp3) is 0.308. The number of benzene rings is 1. The lowest BCUT2D eigenvalue weighted by Crippen LogP contribution is -1.86. The second-order valence-corrected chi connectivity index (χ2v) is 3.97. The predicted molar refractivity (Wildman–Crippen MR) is 62.6 cm³/mol. The summed E-state index contributed by atoms with van der Waals surface area (Å²) in [5.41, 5.74) is 1.89. The van der Waals surface area contributed by atoms with E-state index in [9.17, 15) is 0 Å². The van der Waals surface area contributed by atoms with Gasteiger partial charge in [-0.05, 0) is 18.1 Å². The highest BCUT2D eigenvalue weighted by molar-refractivity contribution is 5.65. The molecule has 0 N–H and O–H groups in total. The molecule has 3 nitrogen and oxygen atoms in total. The molecule has 0 aliphatic rings. The predicted octanol–water partition coefficient (Wildman–Crippen LogP) is 3.47. The molecule has 2 aromatic rings. The Morgan fingerprint density at radius 3 is 2.62 bits per heavy atom. The fourth-order valence-corrected chi connectivity index (χ4v) is 1.54. The number of nitrogens with zero attached hydrogens (tertiary/aromatic N) is 1. The molecule has 0 saturated carbocycles. The smallest absolute Gasteiger partial charge is 0.170 e. The zero-order valence-corrected chi connectivity index (χ0v) is 9.73. The van der Waals surface area contributed by atoms with E-state index < -0.39 is 0 Å². The van der Waals surface area contributed by atoms with Crippen molar-refractivity contribution in [3.05, 3.63) is 36.0 Å². The SMILES string of the molecule is COc1ccccc1-c1cc(C(C)C)no1. The van der Waals surface area contributed by atoms with Crippen molar-refractivity contribution in [1.82, 2.24) is 5.16 Å². The van der Waals surface area contributed by atoms with E-state index in [0.29, 0.717) is 5.92 Å². The van der Waals surface area contributed by atoms with Gasteiger partial charge >= 0.3 is 0 Å². The van der Waals surface area contributed by atoms with Crippen LogP contribution in [0.25, 0.3) is 11.3 Å². The highest BCUT2D eigenvalue weighted by atomic mass is 16.5. The van der Waals surface area contributed by atoms with Crippen LogP contribution in [-0.4, -0.2) is 12.3 Å². The Bertz CT molecular complexity index is 474. The lowest BCUT2D eigenvalue weighted by Gasteiger charge is -2.03. The summed E-state index contributed by atoms with van der Waals surface area (Å²) in [6.07, 6.45) is 0. The van der Waals surface area contributed by atoms with E-state index in [0.717, 1.165) is 22.8 Å². The fourth-order valence-electron chi connectivity index (χ4n) is 1.54. The van der Waals surface area contributed by atoms with Crippen molar-refractivity contribution < 1.29 is 9.26 Å². The number of methoxy groups -OCH3 is 1. The Labute approximate surface area is 95.0 Å². The van der Waals surface area contributed by atoms with Gasteiger partial charge in [0.15, 0.2) is 5.76 Å². The van der Waals surface area contributed by atoms with Gasteiger partial charge in [-0.15, -0.1) is 0 Å². The Balaban J connectivity index is 2.42. The first-order chi connectivity index (χ1) is 7.72. The average Bonchev–Trinajstić information content (AvgIpc) is 2.78. The van der Waals surface area contributed by atoms with E-state index in [1.165, 1.54) is 0 Å². The molecule has 0 atom stereocenters. The monoisotopic (exact) mass is 217 g/mol. The van der Waals surface area contributed by atoms with Gasteiger partial charge in [-0.1, -0.05) is 31.1 Å². The van der Waals surface area contributed by atoms with Crippen LogP contribution >= 0.6 is 0 Å². The second kappa shape index (κ2) is 4.39. The van der Waals surface area contributed by atoms with Crippen molar-refractivity contribution in [2.75, 3.05) is 7.11 Å². The van der Waals surface area contributed by atoms with E-state index in [-0.39, 0.29) is 0 Å². The number of aromatic nitrogens is 1. The maximum atomic E-state index is 5.32. The first kappa shape index (κ1) is 10.7. The first-order valence-corrected chi connectivity index (χ1v) is 5.32. The summed E-state index contributed by atoms with van der Waals surface area (Å²) in [6.45, 7) is 4.17. The topological polar surface area (TPSA) is 35.3 Å². The summed E-state index contributed by atoms with van der Waals surface area (Å²) in [5, 5.41) is 4.04. The van der Waals surface area contributed by atoms with Crippen LogP contribution in [0.1, 0.15) is 25.5 Å². The van der Waals surface area contributed by atoms with Crippen LogP contribution < -0.4 is 4.74 Å². The summed E-state index contributed by atoms with van der Waals surface area (Å²) >= 11 is 0. The van der Waals surface area contributed by atoms with Gasteiger partial charge < -0.3 is 9.26 Å². The van der Waals surface area contributed by atoms with Crippen LogP contribution in [0.2, 0.25) is 0 Å². The minimum Gasteiger partial charge on any atom is -0.496 e. The summed E-state index contributed by atoms with van der Waals surface area (Å²) in [7, 11) is 1.65. The van der Waals surface area contributed by atoms with Crippen molar-refractivity contribution in [1.29, 1.82) is 0 Å². The molecule has 0 amide bonds. The largest absolute Gasteiger partial charge is 0.496 e. The normalized spacial score (nSPS) is 10.8. The molecule has 0 spiro atoms. The minimum atomic E-state index is 0.368. The number of hydrogen-bond acceptors (Lipinski definition) is 3. The first-order valence-electron chi connectivity index (χ1n) is 5.32. The van der Waals surface area contributed by atoms with E-state index in [1.807, 2.05) is 30.3 Å². The van der Waals surface area contributed by atoms with Crippen LogP contribution in [0.5, 0.6) is 5.75 Å². The van der Waals surface area contributed by atoms with Crippen LogP contribution in [0.3, 0.4) is 0 Å². The van der Waals surface area contributed by atoms with Gasteiger partial charge in [-0.2, -0.15) is 0 Å². The molecule has 2 rings (SSSR count). The van der Waals surface area contributed by atoms with Gasteiger partial charge in [0, 0.05) is 6.07 Å². The highest BCUT2D eigenvalue weighted by Crippen LogP contribution is 2.31. The number of para-hydroxylation sites is 1. The van der Waals surface area contributed by atoms with Crippen molar-refractivity contribution in [3.63, 3.8) is 0 Å². The third-order valence-corrected chi connectivity index (χ3v) is 2.49. The summed E-state index contributed by atoms with van der Waals surface area (Å²) < 4.78 is 10.6. The molecule has 84 valence electrons. The van der Waals surface area contributed by atoms with Crippen molar-refractivity contribution in [2.24, 2.45) is 0 Å². The lowest BCUT2D eigenvalue weighted by atomic mass is 10.1. The van der Waals surface area contributed by atoms with Crippen molar-refractivity contribution >= 4 is 0 Å². The number of ether oxygens (including phenoxy) is 1. The Kier molecular flexibility index (Phi) is 2.95. The molecule has 3 heteroatoms. The number of hydrogen-bond donors (Lipinski definition) is 0. The molecule has 0 radical (unpaired) electrons. The molecule has 1 aromatic heterocycles. The summed E-state index contributed by atoms with van der Waals surface area (Å²) in [6, 6.07) is 9.72. The zero-order chi connectivity index (χ0) is 11.5. The van der Waals surface area contributed by atoms with Gasteiger partial charge in [0.05, 0.1) is 18.4 Å². The molecule has 1 aromatic carbocycles. The maximum Gasteiger partial charge on any atom is 0.170 e. The second-order valence-electron chi connectivity index (χ2n) is 3.97. The van der Waals surface area contributed by atoms with Crippen LogP contribution in [0.4, 0.5) is 0 Å². The third kappa shape index (κ3) is 1.94. The maximum absolute atomic E-state index is 5.32. The zero-order valence-electron chi connectivity index (χ0n) is 9.73. The molecule has 0 fully saturated rings. The lowest BCUT2D eigenvalue weighted by molar-refractivity contribution is 0.402. The van der Waals surface area contributed by atoms with E-state index in [1.54, 1.807) is 7.11 Å². The van der Waals surface area contributed by atoms with Gasteiger partial charge in [0.2, 0.25) is 0 Å². The molecule has 0 aliphatic carbocycles. The van der Waals surface area contributed by atoms with Gasteiger partial charge in [0.25, 0.3) is 0 Å². The van der Waals surface area contributed by atoms with Crippen LogP contribution in [0, 0.1) is 0 Å². The molecule has 1 heterocycles.